The maximum Gasteiger partial charge on any atom is 0.252 e. The average molecular weight is 355 g/mol. The number of carbonyl (C=O) groups excluding carboxylic acids is 2. The van der Waals surface area contributed by atoms with Gasteiger partial charge >= 0.3 is 0 Å². The Balaban J connectivity index is 1.83. The molecule has 138 valence electrons. The van der Waals surface area contributed by atoms with Crippen LogP contribution in [-0.4, -0.2) is 54.5 Å². The summed E-state index contributed by atoms with van der Waals surface area (Å²) in [5.74, 6) is -0.107. The highest BCUT2D eigenvalue weighted by Gasteiger charge is 2.30. The Morgan fingerprint density at radius 2 is 2.12 bits per heavy atom. The third-order valence-corrected chi connectivity index (χ3v) is 4.99. The summed E-state index contributed by atoms with van der Waals surface area (Å²) in [6.45, 7) is 7.53. The number of nitrogens with one attached hydrogen (secondary N) is 1. The number of nitrogens with zero attached hydrogens (tertiary/aromatic N) is 2. The van der Waals surface area contributed by atoms with Crippen molar-refractivity contribution in [2.24, 2.45) is 0 Å². The zero-order valence-electron chi connectivity index (χ0n) is 15.8. The van der Waals surface area contributed by atoms with Crippen molar-refractivity contribution >= 4 is 22.7 Å². The molecule has 1 saturated heterocycles. The van der Waals surface area contributed by atoms with Crippen LogP contribution in [0.25, 0.3) is 10.9 Å². The number of carbonyl (C=O) groups is 2. The number of fused-ring (bicyclic) bond motifs is 1. The number of aryl methyl sites for hydroxylation is 3. The molecule has 0 radical (unpaired) electrons. The van der Waals surface area contributed by atoms with E-state index < -0.39 is 0 Å². The maximum absolute atomic E-state index is 12.9. The molecule has 26 heavy (non-hydrogen) atoms. The van der Waals surface area contributed by atoms with Gasteiger partial charge in [-0.3, -0.25) is 14.6 Å². The van der Waals surface area contributed by atoms with Gasteiger partial charge in [0, 0.05) is 37.7 Å². The fraction of sp³-hybridized carbons (Fsp3) is 0.450. The van der Waals surface area contributed by atoms with E-state index in [0.29, 0.717) is 31.7 Å². The molecular formula is C20H25N3O3. The zero-order valence-corrected chi connectivity index (χ0v) is 15.8. The molecule has 0 unspecified atom stereocenters. The third kappa shape index (κ3) is 3.55. The highest BCUT2D eigenvalue weighted by atomic mass is 16.5. The molecule has 6 nitrogen and oxygen atoms in total. The lowest BCUT2D eigenvalue weighted by Gasteiger charge is -2.17. The van der Waals surface area contributed by atoms with Crippen LogP contribution in [0.15, 0.2) is 18.2 Å². The standard InChI is InChI=1S/C20H25N3O3/c1-12-5-6-16-17(9-13(2)21-19(16)14(12)3)20(25)22-15-10-18(24)23(11-15)7-8-26-4/h5-6,9,15H,7-8,10-11H2,1-4H3,(H,22,25)/t15-/m0/s1. The summed E-state index contributed by atoms with van der Waals surface area (Å²) >= 11 is 0. The Bertz CT molecular complexity index is 863. The second-order valence-electron chi connectivity index (χ2n) is 6.92. The van der Waals surface area contributed by atoms with Crippen LogP contribution in [0.1, 0.15) is 33.6 Å². The molecule has 2 heterocycles. The lowest BCUT2D eigenvalue weighted by molar-refractivity contribution is -0.128. The molecule has 1 aliphatic heterocycles. The number of aromatic nitrogens is 1. The largest absolute Gasteiger partial charge is 0.383 e. The molecular weight excluding hydrogens is 330 g/mol. The van der Waals surface area contributed by atoms with Crippen LogP contribution in [0.3, 0.4) is 0 Å². The van der Waals surface area contributed by atoms with Crippen LogP contribution in [0.2, 0.25) is 0 Å². The molecule has 1 aromatic heterocycles. The summed E-state index contributed by atoms with van der Waals surface area (Å²) in [6, 6.07) is 5.59. The Kier molecular flexibility index (Phi) is 5.23. The molecule has 1 atom stereocenters. The van der Waals surface area contributed by atoms with Gasteiger partial charge in [-0.05, 0) is 38.0 Å². The van der Waals surface area contributed by atoms with Gasteiger partial charge in [0.2, 0.25) is 5.91 Å². The minimum absolute atomic E-state index is 0.0505. The second-order valence-corrected chi connectivity index (χ2v) is 6.92. The Labute approximate surface area is 153 Å². The molecule has 3 rings (SSSR count). The fourth-order valence-corrected chi connectivity index (χ4v) is 3.40. The van der Waals surface area contributed by atoms with Gasteiger partial charge < -0.3 is 15.0 Å². The SMILES string of the molecule is COCCN1C[C@@H](NC(=O)c2cc(C)nc3c(C)c(C)ccc23)CC1=O. The minimum Gasteiger partial charge on any atom is -0.383 e. The average Bonchev–Trinajstić information content (AvgIpc) is 2.95. The van der Waals surface area contributed by atoms with Crippen molar-refractivity contribution in [2.45, 2.75) is 33.2 Å². The minimum atomic E-state index is -0.179. The van der Waals surface area contributed by atoms with E-state index in [-0.39, 0.29) is 17.9 Å². The Morgan fingerprint density at radius 3 is 2.85 bits per heavy atom. The van der Waals surface area contributed by atoms with Crippen LogP contribution in [0.5, 0.6) is 0 Å². The molecule has 6 heteroatoms. The monoisotopic (exact) mass is 355 g/mol. The van der Waals surface area contributed by atoms with Gasteiger partial charge in [0.1, 0.15) is 0 Å². The van der Waals surface area contributed by atoms with Crippen molar-refractivity contribution in [3.05, 3.63) is 40.6 Å². The van der Waals surface area contributed by atoms with Crippen molar-refractivity contribution in [3.8, 4) is 0 Å². The molecule has 0 aliphatic carbocycles. The van der Waals surface area contributed by atoms with E-state index in [4.69, 9.17) is 4.74 Å². The van der Waals surface area contributed by atoms with E-state index in [9.17, 15) is 9.59 Å². The van der Waals surface area contributed by atoms with E-state index in [1.54, 1.807) is 12.0 Å². The van der Waals surface area contributed by atoms with Crippen molar-refractivity contribution in [2.75, 3.05) is 26.8 Å². The van der Waals surface area contributed by atoms with Crippen molar-refractivity contribution in [1.82, 2.24) is 15.2 Å². The number of rotatable bonds is 5. The third-order valence-electron chi connectivity index (χ3n) is 4.99. The number of likely N-dealkylation sites (tertiary alicyclic amines) is 1. The number of hydrogen-bond acceptors (Lipinski definition) is 4. The Morgan fingerprint density at radius 1 is 1.35 bits per heavy atom. The van der Waals surface area contributed by atoms with E-state index in [1.165, 1.54) is 0 Å². The number of amides is 2. The van der Waals surface area contributed by atoms with Gasteiger partial charge in [-0.25, -0.2) is 0 Å². The van der Waals surface area contributed by atoms with Gasteiger partial charge in [0.05, 0.1) is 23.7 Å². The van der Waals surface area contributed by atoms with Crippen molar-refractivity contribution in [1.29, 1.82) is 0 Å². The summed E-state index contributed by atoms with van der Waals surface area (Å²) in [4.78, 5) is 31.3. The summed E-state index contributed by atoms with van der Waals surface area (Å²) in [7, 11) is 1.61. The highest BCUT2D eigenvalue weighted by molar-refractivity contribution is 6.07. The number of hydrogen-bond donors (Lipinski definition) is 1. The number of ether oxygens (including phenoxy) is 1. The molecule has 1 aliphatic rings. The van der Waals surface area contributed by atoms with Gasteiger partial charge in [-0.1, -0.05) is 12.1 Å². The van der Waals surface area contributed by atoms with Crippen molar-refractivity contribution < 1.29 is 14.3 Å². The van der Waals surface area contributed by atoms with Gasteiger partial charge in [-0.15, -0.1) is 0 Å². The van der Waals surface area contributed by atoms with Crippen LogP contribution in [0, 0.1) is 20.8 Å². The van der Waals surface area contributed by atoms with E-state index >= 15 is 0 Å². The predicted octanol–water partition coefficient (Wildman–Crippen LogP) is 2.14. The molecule has 2 aromatic rings. The molecule has 2 amide bonds. The molecule has 0 spiro atoms. The quantitative estimate of drug-likeness (QED) is 0.892. The number of pyridine rings is 1. The topological polar surface area (TPSA) is 71.5 Å². The van der Waals surface area contributed by atoms with E-state index in [1.807, 2.05) is 39.0 Å². The molecule has 0 bridgehead atoms. The van der Waals surface area contributed by atoms with Crippen LogP contribution >= 0.6 is 0 Å². The lowest BCUT2D eigenvalue weighted by Crippen LogP contribution is -2.38. The Hall–Kier alpha value is -2.47. The normalized spacial score (nSPS) is 17.2. The van der Waals surface area contributed by atoms with Crippen LogP contribution in [-0.2, 0) is 9.53 Å². The number of benzene rings is 1. The van der Waals surface area contributed by atoms with Crippen LogP contribution < -0.4 is 5.32 Å². The van der Waals surface area contributed by atoms with Gasteiger partial charge in [0.25, 0.3) is 5.91 Å². The smallest absolute Gasteiger partial charge is 0.252 e. The first-order valence-corrected chi connectivity index (χ1v) is 8.86. The summed E-state index contributed by atoms with van der Waals surface area (Å²) in [5.41, 5.74) is 4.51. The van der Waals surface area contributed by atoms with Crippen LogP contribution in [0.4, 0.5) is 0 Å². The summed E-state index contributed by atoms with van der Waals surface area (Å²) < 4.78 is 5.03. The van der Waals surface area contributed by atoms with E-state index in [2.05, 4.69) is 10.3 Å². The van der Waals surface area contributed by atoms with Gasteiger partial charge in [0.15, 0.2) is 0 Å². The molecule has 1 fully saturated rings. The van der Waals surface area contributed by atoms with E-state index in [0.717, 1.165) is 27.7 Å². The second kappa shape index (κ2) is 7.41. The zero-order chi connectivity index (χ0) is 18.8. The first-order chi connectivity index (χ1) is 12.4. The first kappa shape index (κ1) is 18.3. The van der Waals surface area contributed by atoms with Crippen molar-refractivity contribution in [3.63, 3.8) is 0 Å². The number of methoxy groups -OCH3 is 1. The maximum atomic E-state index is 12.9. The molecule has 0 saturated carbocycles. The predicted molar refractivity (Wildman–Crippen MR) is 100 cm³/mol. The first-order valence-electron chi connectivity index (χ1n) is 8.86. The van der Waals surface area contributed by atoms with Gasteiger partial charge in [-0.2, -0.15) is 0 Å². The molecule has 1 N–H and O–H groups in total. The molecule has 1 aromatic carbocycles. The lowest BCUT2D eigenvalue weighted by atomic mass is 10.0. The fourth-order valence-electron chi connectivity index (χ4n) is 3.40. The highest BCUT2D eigenvalue weighted by Crippen LogP contribution is 2.24. The summed E-state index contributed by atoms with van der Waals surface area (Å²) in [5, 5.41) is 3.86. The summed E-state index contributed by atoms with van der Waals surface area (Å²) in [6.07, 6.45) is 0.329.